The lowest BCUT2D eigenvalue weighted by molar-refractivity contribution is -0.135. The minimum atomic E-state index is -2.34. The smallest absolute Gasteiger partial charge is 0.243 e. The molecule has 0 radical (unpaired) electrons. The molecular weight excluding hydrogens is 662 g/mol. The number of benzene rings is 2. The summed E-state index contributed by atoms with van der Waals surface area (Å²) in [6, 6.07) is 12.7. The van der Waals surface area contributed by atoms with Gasteiger partial charge in [0.25, 0.3) is 0 Å². The van der Waals surface area contributed by atoms with E-state index in [2.05, 4.69) is 21.3 Å². The Bertz CT molecular complexity index is 1700. The van der Waals surface area contributed by atoms with Crippen LogP contribution in [0.3, 0.4) is 0 Å². The van der Waals surface area contributed by atoms with Crippen LogP contribution in [0.5, 0.6) is 0 Å². The predicted molar refractivity (Wildman–Crippen MR) is 198 cm³/mol. The average molecular weight is 725 g/mol. The van der Waals surface area contributed by atoms with Crippen LogP contribution in [0.25, 0.3) is 0 Å². The van der Waals surface area contributed by atoms with Crippen molar-refractivity contribution in [2.75, 3.05) is 39.4 Å². The lowest BCUT2D eigenvalue weighted by Crippen LogP contribution is -2.59. The summed E-state index contributed by atoms with van der Waals surface area (Å²) in [7, 11) is 0. The van der Waals surface area contributed by atoms with E-state index in [0.717, 1.165) is 5.56 Å². The molecule has 12 heteroatoms. The zero-order chi connectivity index (χ0) is 42.2. The molecule has 2 aromatic carbocycles. The zero-order valence-electron chi connectivity index (χ0n) is 35.8. The van der Waals surface area contributed by atoms with Gasteiger partial charge in [-0.2, -0.15) is 0 Å². The Morgan fingerprint density at radius 1 is 0.769 bits per heavy atom. The molecular formula is C40H57N5O7. The van der Waals surface area contributed by atoms with Gasteiger partial charge in [0.05, 0.1) is 39.1 Å². The summed E-state index contributed by atoms with van der Waals surface area (Å²) in [5.74, 6) is -3.57. The van der Waals surface area contributed by atoms with Gasteiger partial charge in [-0.3, -0.25) is 28.9 Å². The third-order valence-electron chi connectivity index (χ3n) is 8.78. The molecule has 0 aliphatic carbocycles. The Balaban J connectivity index is 1.55. The Morgan fingerprint density at radius 3 is 1.88 bits per heavy atom. The molecule has 2 saturated heterocycles. The summed E-state index contributed by atoms with van der Waals surface area (Å²) in [5, 5.41) is 10.9. The first kappa shape index (κ1) is 33.7. The van der Waals surface area contributed by atoms with Gasteiger partial charge in [-0.25, -0.2) is 0 Å². The van der Waals surface area contributed by atoms with E-state index in [1.807, 2.05) is 64.1 Å². The van der Waals surface area contributed by atoms with Gasteiger partial charge in [0.2, 0.25) is 23.6 Å². The van der Waals surface area contributed by atoms with Crippen molar-refractivity contribution in [3.8, 4) is 0 Å². The van der Waals surface area contributed by atoms with Crippen molar-refractivity contribution in [2.45, 2.75) is 96.5 Å². The highest BCUT2D eigenvalue weighted by molar-refractivity contribution is 5.98. The third kappa shape index (κ3) is 13.1. The van der Waals surface area contributed by atoms with Crippen LogP contribution in [-0.4, -0.2) is 103 Å². The molecule has 52 heavy (non-hydrogen) atoms. The highest BCUT2D eigenvalue weighted by atomic mass is 16.6. The van der Waals surface area contributed by atoms with Crippen LogP contribution in [0.2, 0.25) is 0 Å². The van der Waals surface area contributed by atoms with Crippen molar-refractivity contribution < 1.29 is 40.3 Å². The van der Waals surface area contributed by atoms with E-state index >= 15 is 0 Å². The molecule has 4 amide bonds. The summed E-state index contributed by atoms with van der Waals surface area (Å²) < 4.78 is 51.0. The highest BCUT2D eigenvalue weighted by Gasteiger charge is 2.50. The van der Waals surface area contributed by atoms with Gasteiger partial charge in [0.15, 0.2) is 5.78 Å². The van der Waals surface area contributed by atoms with Gasteiger partial charge in [-0.1, -0.05) is 88.4 Å². The van der Waals surface area contributed by atoms with E-state index in [1.165, 1.54) is 4.90 Å². The van der Waals surface area contributed by atoms with Crippen LogP contribution in [0.4, 0.5) is 0 Å². The van der Waals surface area contributed by atoms with E-state index in [1.54, 1.807) is 31.2 Å². The van der Waals surface area contributed by atoms with E-state index in [4.69, 9.17) is 16.3 Å². The number of morpholine rings is 1. The lowest BCUT2D eigenvalue weighted by atomic mass is 9.93. The number of amides is 4. The number of carbonyl (C=O) groups is 5. The topological polar surface area (TPSA) is 158 Å². The molecule has 0 spiro atoms. The van der Waals surface area contributed by atoms with Gasteiger partial charge in [0, 0.05) is 19.5 Å². The molecule has 2 fully saturated rings. The molecule has 2 aromatic rings. The summed E-state index contributed by atoms with van der Waals surface area (Å²) >= 11 is 0. The molecule has 284 valence electrons. The van der Waals surface area contributed by atoms with E-state index in [9.17, 15) is 24.0 Å². The van der Waals surface area contributed by atoms with E-state index in [0.29, 0.717) is 12.0 Å². The van der Waals surface area contributed by atoms with Gasteiger partial charge in [-0.05, 0) is 55.6 Å². The Morgan fingerprint density at radius 2 is 1.31 bits per heavy atom. The van der Waals surface area contributed by atoms with Crippen molar-refractivity contribution >= 4 is 29.4 Å². The number of hydrogen-bond donors (Lipinski definition) is 4. The van der Waals surface area contributed by atoms with Gasteiger partial charge >= 0.3 is 0 Å². The summed E-state index contributed by atoms with van der Waals surface area (Å²) in [6.45, 7) is 3.28. The van der Waals surface area contributed by atoms with Crippen LogP contribution < -0.4 is 21.3 Å². The molecule has 0 bridgehead atoms. The number of ether oxygens (including phenoxy) is 2. The first-order chi connectivity index (χ1) is 26.6. The van der Waals surface area contributed by atoms with Crippen molar-refractivity contribution in [1.82, 2.24) is 26.2 Å². The minimum absolute atomic E-state index is 0.0103. The van der Waals surface area contributed by atoms with Crippen molar-refractivity contribution in [3.63, 3.8) is 0 Å². The number of epoxide rings is 1. The zero-order valence-corrected chi connectivity index (χ0v) is 30.8. The van der Waals surface area contributed by atoms with Crippen molar-refractivity contribution in [1.29, 1.82) is 0 Å². The number of nitrogens with one attached hydrogen (secondary N) is 4. The van der Waals surface area contributed by atoms with E-state index in [-0.39, 0.29) is 57.2 Å². The number of Topliss-reactive ketones (excluding diaryl/α,β-unsaturated/α-hetero) is 1. The second-order valence-electron chi connectivity index (χ2n) is 14.5. The first-order valence-electron chi connectivity index (χ1n) is 20.5. The fourth-order valence-corrected chi connectivity index (χ4v) is 5.84. The van der Waals surface area contributed by atoms with Crippen LogP contribution >= 0.6 is 0 Å². The standard InChI is InChI=1S/C40H57N5O7/c1-27(2)22-32(36(47)40(5)26-52-40)42-39(50)34(24-30-14-10-7-11-15-30)44-38(49)33(23-28(3)4)43-37(48)31(17-16-29-12-8-6-9-13-29)41-35(46)25-45-18-20-51-21-19-45/h6-15,27-28,31-34H,16-26H2,1-5H3,(H,41,46)(H,42,50)(H,43,48)(H,44,49)/t31-,32+,33-,34-,40+/m0/s1/i20D2,21D2,32D. The van der Waals surface area contributed by atoms with Crippen LogP contribution in [0, 0.1) is 11.8 Å². The number of carbonyl (C=O) groups excluding carboxylic acids is 5. The largest absolute Gasteiger partial charge is 0.379 e. The SMILES string of the molecule is [2H]C1([2H])CN(CC(=O)N[C@@H](CCc2ccccc2)C(=O)N[C@@H](CC(C)C)C(=O)N[C@@H](Cc2ccccc2)C(=O)N[C@]([2H])(CC(C)C)C(=O)[C@@]2(C)CO2)CC([2H])([2H])O1. The van der Waals surface area contributed by atoms with Crippen molar-refractivity contribution in [3.05, 3.63) is 71.8 Å². The fraction of sp³-hybridized carbons (Fsp3) is 0.575. The molecule has 4 N–H and O–H groups in total. The summed E-state index contributed by atoms with van der Waals surface area (Å²) in [6.07, 6.45) is 0.720. The summed E-state index contributed by atoms with van der Waals surface area (Å²) in [4.78, 5) is 70.4. The molecule has 2 aliphatic heterocycles. The number of hydrogen-bond acceptors (Lipinski definition) is 8. The maximum Gasteiger partial charge on any atom is 0.243 e. The first-order valence-corrected chi connectivity index (χ1v) is 18.0. The second-order valence-corrected chi connectivity index (χ2v) is 14.5. The maximum atomic E-state index is 14.2. The van der Waals surface area contributed by atoms with Gasteiger partial charge in [0.1, 0.15) is 23.7 Å². The second kappa shape index (κ2) is 19.6. The lowest BCUT2D eigenvalue weighted by Gasteiger charge is -2.29. The summed E-state index contributed by atoms with van der Waals surface area (Å²) in [5.41, 5.74) is 0.412. The quantitative estimate of drug-likeness (QED) is 0.152. The van der Waals surface area contributed by atoms with E-state index < -0.39 is 78.8 Å². The number of ketones is 1. The normalized spacial score (nSPS) is 23.6. The van der Waals surface area contributed by atoms with Gasteiger partial charge in [-0.15, -0.1) is 0 Å². The highest BCUT2D eigenvalue weighted by Crippen LogP contribution is 2.29. The Hall–Kier alpha value is -4.13. The third-order valence-corrected chi connectivity index (χ3v) is 8.78. The molecule has 2 heterocycles. The number of rotatable bonds is 20. The Labute approximate surface area is 315 Å². The molecule has 0 saturated carbocycles. The number of aryl methyl sites for hydroxylation is 1. The Kier molecular flexibility index (Phi) is 12.7. The van der Waals surface area contributed by atoms with Crippen LogP contribution in [-0.2, 0) is 46.3 Å². The molecule has 4 rings (SSSR count). The van der Waals surface area contributed by atoms with Crippen LogP contribution in [0.15, 0.2) is 60.7 Å². The average Bonchev–Trinajstić information content (AvgIpc) is 3.85. The number of nitrogens with zero attached hydrogens (tertiary/aromatic N) is 1. The molecule has 0 aromatic heterocycles. The van der Waals surface area contributed by atoms with Gasteiger partial charge < -0.3 is 30.7 Å². The molecule has 2 aliphatic rings. The fourth-order valence-electron chi connectivity index (χ4n) is 5.84. The maximum absolute atomic E-state index is 14.2. The predicted octanol–water partition coefficient (Wildman–Crippen LogP) is 2.58. The van der Waals surface area contributed by atoms with Crippen molar-refractivity contribution in [2.24, 2.45) is 11.8 Å². The molecule has 12 nitrogen and oxygen atoms in total. The monoisotopic (exact) mass is 724 g/mol. The minimum Gasteiger partial charge on any atom is -0.379 e. The molecule has 5 atom stereocenters. The molecule has 0 unspecified atom stereocenters. The van der Waals surface area contributed by atoms with Crippen LogP contribution in [0.1, 0.15) is 71.9 Å².